The van der Waals surface area contributed by atoms with Crippen molar-refractivity contribution in [3.05, 3.63) is 48.6 Å². The molecule has 0 aromatic carbocycles. The molecule has 150 valence electrons. The van der Waals surface area contributed by atoms with Crippen LogP contribution in [0.3, 0.4) is 0 Å². The molecule has 3 nitrogen and oxygen atoms in total. The number of aliphatic hydroxyl groups excluding tert-OH is 2. The van der Waals surface area contributed by atoms with Crippen molar-refractivity contribution in [1.29, 1.82) is 0 Å². The minimum atomic E-state index is -0.424. The van der Waals surface area contributed by atoms with Gasteiger partial charge in [0.25, 0.3) is 0 Å². The molecule has 0 saturated heterocycles. The summed E-state index contributed by atoms with van der Waals surface area (Å²) in [5.74, 6) is 0. The van der Waals surface area contributed by atoms with Crippen molar-refractivity contribution in [1.82, 2.24) is 0 Å². The smallest absolute Gasteiger partial charge is 0.104 e. The molecule has 0 aromatic heterocycles. The maximum absolute atomic E-state index is 8.87. The molecule has 2 N–H and O–H groups in total. The van der Waals surface area contributed by atoms with Gasteiger partial charge in [-0.05, 0) is 51.4 Å². The summed E-state index contributed by atoms with van der Waals surface area (Å²) < 4.78 is 5.32. The van der Waals surface area contributed by atoms with Crippen LogP contribution in [0.15, 0.2) is 48.6 Å². The van der Waals surface area contributed by atoms with Gasteiger partial charge < -0.3 is 14.9 Å². The van der Waals surface area contributed by atoms with Crippen LogP contribution in [0.2, 0.25) is 0 Å². The molecule has 0 fully saturated rings. The van der Waals surface area contributed by atoms with Gasteiger partial charge in [0.05, 0.1) is 13.2 Å². The van der Waals surface area contributed by atoms with E-state index in [0.29, 0.717) is 6.61 Å². The Morgan fingerprint density at radius 1 is 0.654 bits per heavy atom. The first-order chi connectivity index (χ1) is 12.8. The second-order valence-electron chi connectivity index (χ2n) is 6.44. The molecule has 3 heteroatoms. The van der Waals surface area contributed by atoms with Crippen LogP contribution in [0.4, 0.5) is 0 Å². The molecule has 0 aromatic rings. The molecule has 26 heavy (non-hydrogen) atoms. The normalized spacial score (nSPS) is 12.8. The van der Waals surface area contributed by atoms with Gasteiger partial charge in [-0.2, -0.15) is 0 Å². The van der Waals surface area contributed by atoms with Crippen molar-refractivity contribution in [2.24, 2.45) is 0 Å². The molecule has 0 aliphatic carbocycles. The summed E-state index contributed by atoms with van der Waals surface area (Å²) in [6.45, 7) is 2.60. The number of hydrogen-bond acceptors (Lipinski definition) is 3. The van der Waals surface area contributed by atoms with Crippen LogP contribution in [0.25, 0.3) is 0 Å². The standard InChI is InChI=1S/C23H40O3/c1-2-3-4-5-6-7-8-9-10-11-12-13-14-15-16-17-18-19-20-26-23(21-24)22-25/h6-7,9-10,12-13,15-16,23-25H,2-5,8,11,14,17-22H2,1H3/b7-6+,10-9+,13-12-,16-15+. The van der Waals surface area contributed by atoms with Gasteiger partial charge in [-0.15, -0.1) is 0 Å². The van der Waals surface area contributed by atoms with E-state index < -0.39 is 6.10 Å². The van der Waals surface area contributed by atoms with E-state index >= 15 is 0 Å². The van der Waals surface area contributed by atoms with Crippen LogP contribution in [0.5, 0.6) is 0 Å². The van der Waals surface area contributed by atoms with Gasteiger partial charge in [-0.3, -0.25) is 0 Å². The van der Waals surface area contributed by atoms with Gasteiger partial charge >= 0.3 is 0 Å². The topological polar surface area (TPSA) is 49.7 Å². The van der Waals surface area contributed by atoms with Gasteiger partial charge in [-0.25, -0.2) is 0 Å². The lowest BCUT2D eigenvalue weighted by Gasteiger charge is -2.11. The Morgan fingerprint density at radius 2 is 1.12 bits per heavy atom. The second kappa shape index (κ2) is 21.9. The number of ether oxygens (including phenoxy) is 1. The fraction of sp³-hybridized carbons (Fsp3) is 0.652. The Balaban J connectivity index is 3.41. The Hall–Kier alpha value is -1.16. The average molecular weight is 365 g/mol. The molecule has 0 spiro atoms. The number of aliphatic hydroxyl groups is 2. The molecule has 0 saturated carbocycles. The van der Waals surface area contributed by atoms with E-state index in [9.17, 15) is 0 Å². The highest BCUT2D eigenvalue weighted by Gasteiger charge is 2.03. The summed E-state index contributed by atoms with van der Waals surface area (Å²) in [5, 5.41) is 17.7. The van der Waals surface area contributed by atoms with E-state index in [0.717, 1.165) is 38.5 Å². The number of unbranched alkanes of at least 4 members (excludes halogenated alkanes) is 5. The lowest BCUT2D eigenvalue weighted by atomic mass is 10.2. The highest BCUT2D eigenvalue weighted by atomic mass is 16.5. The molecule has 0 aliphatic heterocycles. The predicted octanol–water partition coefficient (Wildman–Crippen LogP) is 5.50. The minimum absolute atomic E-state index is 0.117. The lowest BCUT2D eigenvalue weighted by Crippen LogP contribution is -2.22. The second-order valence-corrected chi connectivity index (χ2v) is 6.44. The summed E-state index contributed by atoms with van der Waals surface area (Å²) in [7, 11) is 0. The number of allylic oxidation sites excluding steroid dienone is 8. The molecule has 0 bridgehead atoms. The maximum Gasteiger partial charge on any atom is 0.104 e. The molecule has 0 rings (SSSR count). The van der Waals surface area contributed by atoms with Crippen LogP contribution in [0, 0.1) is 0 Å². The molecule has 0 amide bonds. The van der Waals surface area contributed by atoms with Crippen molar-refractivity contribution in [2.75, 3.05) is 19.8 Å². The zero-order chi connectivity index (χ0) is 19.1. The third-order valence-electron chi connectivity index (χ3n) is 3.98. The van der Waals surface area contributed by atoms with Gasteiger partial charge in [-0.1, -0.05) is 68.4 Å². The number of rotatable bonds is 18. The molecule has 0 heterocycles. The van der Waals surface area contributed by atoms with Gasteiger partial charge in [0.2, 0.25) is 0 Å². The van der Waals surface area contributed by atoms with E-state index in [1.54, 1.807) is 0 Å². The largest absolute Gasteiger partial charge is 0.394 e. The highest BCUT2D eigenvalue weighted by Crippen LogP contribution is 2.02. The van der Waals surface area contributed by atoms with Crippen LogP contribution < -0.4 is 0 Å². The molecular weight excluding hydrogens is 324 g/mol. The quantitative estimate of drug-likeness (QED) is 0.249. The van der Waals surface area contributed by atoms with E-state index in [2.05, 4.69) is 55.5 Å². The summed E-state index contributed by atoms with van der Waals surface area (Å²) in [6.07, 6.45) is 28.7. The van der Waals surface area contributed by atoms with Crippen LogP contribution >= 0.6 is 0 Å². The molecule has 0 radical (unpaired) electrons. The van der Waals surface area contributed by atoms with Gasteiger partial charge in [0, 0.05) is 6.61 Å². The van der Waals surface area contributed by atoms with Crippen LogP contribution in [-0.2, 0) is 4.74 Å². The van der Waals surface area contributed by atoms with Crippen molar-refractivity contribution in [3.8, 4) is 0 Å². The Bertz CT molecular complexity index is 379. The zero-order valence-electron chi connectivity index (χ0n) is 16.7. The Kier molecular flexibility index (Phi) is 20.9. The summed E-state index contributed by atoms with van der Waals surface area (Å²) in [4.78, 5) is 0. The average Bonchev–Trinajstić information content (AvgIpc) is 2.66. The Morgan fingerprint density at radius 3 is 1.58 bits per heavy atom. The third kappa shape index (κ3) is 19.2. The fourth-order valence-corrected chi connectivity index (χ4v) is 2.34. The molecule has 0 atom stereocenters. The van der Waals surface area contributed by atoms with Crippen molar-refractivity contribution >= 4 is 0 Å². The van der Waals surface area contributed by atoms with E-state index in [-0.39, 0.29) is 13.2 Å². The maximum atomic E-state index is 8.87. The minimum Gasteiger partial charge on any atom is -0.394 e. The number of hydrogen-bond donors (Lipinski definition) is 2. The van der Waals surface area contributed by atoms with Crippen molar-refractivity contribution < 1.29 is 14.9 Å². The predicted molar refractivity (Wildman–Crippen MR) is 112 cm³/mol. The molecule has 0 aliphatic rings. The summed E-state index contributed by atoms with van der Waals surface area (Å²) in [5.41, 5.74) is 0. The fourth-order valence-electron chi connectivity index (χ4n) is 2.34. The monoisotopic (exact) mass is 364 g/mol. The molecular formula is C23H40O3. The first kappa shape index (κ1) is 24.8. The van der Waals surface area contributed by atoms with Crippen molar-refractivity contribution in [3.63, 3.8) is 0 Å². The van der Waals surface area contributed by atoms with Crippen molar-refractivity contribution in [2.45, 2.75) is 77.2 Å². The SMILES string of the molecule is CCCCC/C=C/C/C=C/C/C=C\C/C=C/CCCCOC(CO)CO. The van der Waals surface area contributed by atoms with Gasteiger partial charge in [0.1, 0.15) is 6.10 Å². The van der Waals surface area contributed by atoms with Crippen LogP contribution in [-0.4, -0.2) is 36.1 Å². The zero-order valence-corrected chi connectivity index (χ0v) is 16.7. The first-order valence-electron chi connectivity index (χ1n) is 10.3. The third-order valence-corrected chi connectivity index (χ3v) is 3.98. The summed E-state index contributed by atoms with van der Waals surface area (Å²) in [6, 6.07) is 0. The highest BCUT2D eigenvalue weighted by molar-refractivity contribution is 4.99. The lowest BCUT2D eigenvalue weighted by molar-refractivity contribution is -0.0206. The van der Waals surface area contributed by atoms with Crippen LogP contribution in [0.1, 0.15) is 71.1 Å². The van der Waals surface area contributed by atoms with E-state index in [1.165, 1.54) is 25.7 Å². The summed E-state index contributed by atoms with van der Waals surface area (Å²) >= 11 is 0. The first-order valence-corrected chi connectivity index (χ1v) is 10.3. The van der Waals surface area contributed by atoms with E-state index in [4.69, 9.17) is 14.9 Å². The molecule has 0 unspecified atom stereocenters. The Labute approximate surface area is 161 Å². The van der Waals surface area contributed by atoms with E-state index in [1.807, 2.05) is 0 Å². The van der Waals surface area contributed by atoms with Gasteiger partial charge in [0.15, 0.2) is 0 Å².